The third kappa shape index (κ3) is 1.71. The van der Waals surface area contributed by atoms with Crippen LogP contribution in [0.15, 0.2) is 42.5 Å². The molecule has 0 bridgehead atoms. The predicted octanol–water partition coefficient (Wildman–Crippen LogP) is 5.35. The molecule has 5 aromatic rings. The topological polar surface area (TPSA) is 49.8 Å². The molecule has 4 nitrogen and oxygen atoms in total. The molecule has 3 aromatic carbocycles. The first-order valence-electron chi connectivity index (χ1n) is 9.14. The van der Waals surface area contributed by atoms with Gasteiger partial charge in [-0.3, -0.25) is 4.79 Å². The van der Waals surface area contributed by atoms with E-state index in [0.717, 1.165) is 61.3 Å². The number of amides is 1. The number of carbonyl (C=O) groups excluding carboxylic acids is 1. The summed E-state index contributed by atoms with van der Waals surface area (Å²) in [6.07, 6.45) is 0. The zero-order valence-electron chi connectivity index (χ0n) is 14.7. The summed E-state index contributed by atoms with van der Waals surface area (Å²) >= 11 is 6.60. The second-order valence-electron chi connectivity index (χ2n) is 7.06. The molecule has 0 atom stereocenters. The lowest BCUT2D eigenvalue weighted by molar-refractivity contribution is 0.0967. The van der Waals surface area contributed by atoms with Gasteiger partial charge >= 0.3 is 0 Å². The van der Waals surface area contributed by atoms with E-state index >= 15 is 0 Å². The van der Waals surface area contributed by atoms with Crippen LogP contribution in [0.2, 0.25) is 5.02 Å². The highest BCUT2D eigenvalue weighted by molar-refractivity contribution is 6.38. The van der Waals surface area contributed by atoms with Crippen LogP contribution in [0.3, 0.4) is 0 Å². The lowest BCUT2D eigenvalue weighted by Gasteiger charge is -2.07. The second kappa shape index (κ2) is 5.05. The molecule has 1 aliphatic rings. The average molecular weight is 374 g/mol. The Kier molecular flexibility index (Phi) is 2.83. The number of hydrogen-bond acceptors (Lipinski definition) is 1. The fraction of sp³-hybridized carbons (Fsp3) is 0.136. The Morgan fingerprint density at radius 2 is 1.85 bits per heavy atom. The van der Waals surface area contributed by atoms with Crippen molar-refractivity contribution in [1.29, 1.82) is 0 Å². The van der Waals surface area contributed by atoms with E-state index in [-0.39, 0.29) is 5.91 Å². The van der Waals surface area contributed by atoms with E-state index in [9.17, 15) is 4.79 Å². The Hall–Kier alpha value is -2.98. The molecule has 0 saturated heterocycles. The summed E-state index contributed by atoms with van der Waals surface area (Å²) in [6.45, 7) is 3.44. The maximum Gasteiger partial charge on any atom is 0.252 e. The molecule has 132 valence electrons. The molecule has 3 heterocycles. The first kappa shape index (κ1) is 15.1. The Labute approximate surface area is 159 Å². The zero-order valence-corrected chi connectivity index (χ0v) is 15.4. The minimum absolute atomic E-state index is 0.00249. The molecule has 6 rings (SSSR count). The van der Waals surface area contributed by atoms with Crippen molar-refractivity contribution in [2.45, 2.75) is 20.0 Å². The molecule has 27 heavy (non-hydrogen) atoms. The van der Waals surface area contributed by atoms with Crippen molar-refractivity contribution in [3.05, 3.63) is 58.6 Å². The van der Waals surface area contributed by atoms with Crippen LogP contribution < -0.4 is 5.32 Å². The van der Waals surface area contributed by atoms with Crippen LogP contribution in [-0.4, -0.2) is 15.5 Å². The summed E-state index contributed by atoms with van der Waals surface area (Å²) in [6, 6.07) is 14.2. The van der Waals surface area contributed by atoms with Gasteiger partial charge in [-0.15, -0.1) is 0 Å². The molecule has 2 aromatic heterocycles. The van der Waals surface area contributed by atoms with Crippen molar-refractivity contribution in [3.8, 4) is 0 Å². The first-order valence-corrected chi connectivity index (χ1v) is 9.52. The quantitative estimate of drug-likeness (QED) is 0.409. The highest BCUT2D eigenvalue weighted by Gasteiger charge is 2.30. The normalized spacial score (nSPS) is 13.9. The van der Waals surface area contributed by atoms with Gasteiger partial charge < -0.3 is 14.9 Å². The molecule has 0 unspecified atom stereocenters. The van der Waals surface area contributed by atoms with Gasteiger partial charge in [0.05, 0.1) is 27.1 Å². The summed E-state index contributed by atoms with van der Waals surface area (Å²) in [5.41, 5.74) is 6.08. The molecule has 2 N–H and O–H groups in total. The third-order valence-corrected chi connectivity index (χ3v) is 6.10. The lowest BCUT2D eigenvalue weighted by atomic mass is 9.97. The van der Waals surface area contributed by atoms with E-state index in [1.807, 2.05) is 24.3 Å². The number of halogens is 1. The SMILES string of the molecule is CCn1c2c(Cl)cccc2c2c3c(c4c5ccccc5[nH]c4c21)CNC3=O. The zero-order chi connectivity index (χ0) is 18.3. The first-order chi connectivity index (χ1) is 13.2. The third-order valence-electron chi connectivity index (χ3n) is 5.80. The number of aromatic amines is 1. The molecular formula is C22H16ClN3O. The largest absolute Gasteiger partial charge is 0.353 e. The van der Waals surface area contributed by atoms with E-state index in [1.165, 1.54) is 0 Å². The monoisotopic (exact) mass is 373 g/mol. The van der Waals surface area contributed by atoms with Crippen molar-refractivity contribution in [2.24, 2.45) is 0 Å². The van der Waals surface area contributed by atoms with Crippen LogP contribution in [-0.2, 0) is 13.1 Å². The number of H-pyrrole nitrogens is 1. The number of rotatable bonds is 1. The molecule has 1 amide bonds. The van der Waals surface area contributed by atoms with Gasteiger partial charge in [0.25, 0.3) is 5.91 Å². The summed E-state index contributed by atoms with van der Waals surface area (Å²) in [5.74, 6) is -0.00249. The van der Waals surface area contributed by atoms with Crippen molar-refractivity contribution in [2.75, 3.05) is 0 Å². The smallest absolute Gasteiger partial charge is 0.252 e. The highest BCUT2D eigenvalue weighted by Crippen LogP contribution is 2.44. The van der Waals surface area contributed by atoms with E-state index in [2.05, 4.69) is 40.0 Å². The molecule has 0 radical (unpaired) electrons. The Morgan fingerprint density at radius 3 is 2.70 bits per heavy atom. The molecular weight excluding hydrogens is 358 g/mol. The Balaban J connectivity index is 2.04. The maximum atomic E-state index is 12.8. The summed E-state index contributed by atoms with van der Waals surface area (Å²) < 4.78 is 2.23. The van der Waals surface area contributed by atoms with Crippen LogP contribution in [0.25, 0.3) is 43.6 Å². The second-order valence-corrected chi connectivity index (χ2v) is 7.47. The van der Waals surface area contributed by atoms with Crippen molar-refractivity contribution < 1.29 is 4.79 Å². The van der Waals surface area contributed by atoms with Crippen LogP contribution in [0.1, 0.15) is 22.8 Å². The van der Waals surface area contributed by atoms with Crippen molar-refractivity contribution >= 4 is 61.1 Å². The van der Waals surface area contributed by atoms with E-state index < -0.39 is 0 Å². The average Bonchev–Trinajstić information content (AvgIpc) is 3.33. The van der Waals surface area contributed by atoms with Crippen LogP contribution in [0, 0.1) is 0 Å². The molecule has 0 saturated carbocycles. The minimum atomic E-state index is -0.00249. The standard InChI is InChI=1S/C22H16ClN3O/c1-2-26-20-12(7-5-8-14(20)23)17-18-13(10-24-22(18)27)16-11-6-3-4-9-15(11)25-19(16)21(17)26/h3-9,25H,2,10H2,1H3,(H,24,27). The maximum absolute atomic E-state index is 12.8. The van der Waals surface area contributed by atoms with Crippen LogP contribution in [0.4, 0.5) is 0 Å². The number of carbonyl (C=O) groups is 1. The molecule has 0 aliphatic carbocycles. The van der Waals surface area contributed by atoms with Gasteiger partial charge in [0.15, 0.2) is 0 Å². The van der Waals surface area contributed by atoms with Gasteiger partial charge in [0.2, 0.25) is 0 Å². The Bertz CT molecular complexity index is 1440. The number of aryl methyl sites for hydroxylation is 1. The van der Waals surface area contributed by atoms with Gasteiger partial charge in [0.1, 0.15) is 0 Å². The number of nitrogens with zero attached hydrogens (tertiary/aromatic N) is 1. The number of benzene rings is 3. The van der Waals surface area contributed by atoms with Crippen molar-refractivity contribution in [3.63, 3.8) is 0 Å². The summed E-state index contributed by atoms with van der Waals surface area (Å²) in [4.78, 5) is 16.5. The lowest BCUT2D eigenvalue weighted by Crippen LogP contribution is -2.12. The summed E-state index contributed by atoms with van der Waals surface area (Å²) in [5, 5.41) is 8.07. The number of para-hydroxylation sites is 2. The molecule has 5 heteroatoms. The Morgan fingerprint density at radius 1 is 1.04 bits per heavy atom. The number of hydrogen-bond donors (Lipinski definition) is 2. The van der Waals surface area contributed by atoms with Gasteiger partial charge in [-0.25, -0.2) is 0 Å². The van der Waals surface area contributed by atoms with E-state index in [1.54, 1.807) is 0 Å². The van der Waals surface area contributed by atoms with Gasteiger partial charge in [-0.2, -0.15) is 0 Å². The molecule has 0 fully saturated rings. The minimum Gasteiger partial charge on any atom is -0.353 e. The van der Waals surface area contributed by atoms with Gasteiger partial charge in [-0.1, -0.05) is 41.9 Å². The van der Waals surface area contributed by atoms with Crippen LogP contribution in [0.5, 0.6) is 0 Å². The fourth-order valence-electron chi connectivity index (χ4n) is 4.79. The molecule has 1 aliphatic heterocycles. The highest BCUT2D eigenvalue weighted by atomic mass is 35.5. The number of fused-ring (bicyclic) bond motifs is 10. The number of aromatic nitrogens is 2. The van der Waals surface area contributed by atoms with Crippen molar-refractivity contribution in [1.82, 2.24) is 14.9 Å². The van der Waals surface area contributed by atoms with E-state index in [0.29, 0.717) is 11.6 Å². The number of nitrogens with one attached hydrogen (secondary N) is 2. The molecule has 0 spiro atoms. The summed E-state index contributed by atoms with van der Waals surface area (Å²) in [7, 11) is 0. The van der Waals surface area contributed by atoms with Gasteiger partial charge in [0, 0.05) is 40.2 Å². The predicted molar refractivity (Wildman–Crippen MR) is 111 cm³/mol. The van der Waals surface area contributed by atoms with E-state index in [4.69, 9.17) is 11.6 Å². The van der Waals surface area contributed by atoms with Gasteiger partial charge in [-0.05, 0) is 24.6 Å². The fourth-order valence-corrected chi connectivity index (χ4v) is 5.06. The van der Waals surface area contributed by atoms with Crippen LogP contribution >= 0.6 is 11.6 Å².